The third-order valence-electron chi connectivity index (χ3n) is 2.38. The van der Waals surface area contributed by atoms with Gasteiger partial charge in [0.05, 0.1) is 16.7 Å². The maximum Gasteiger partial charge on any atom is 0.412 e. The molecule has 0 aromatic heterocycles. The summed E-state index contributed by atoms with van der Waals surface area (Å²) in [6.45, 7) is 4.99. The van der Waals surface area contributed by atoms with Gasteiger partial charge in [0, 0.05) is 14.1 Å². The molecule has 116 valence electrons. The Bertz CT molecular complexity index is 567. The van der Waals surface area contributed by atoms with Crippen molar-refractivity contribution in [3.8, 4) is 0 Å². The molecule has 7 nitrogen and oxygen atoms in total. The van der Waals surface area contributed by atoms with Gasteiger partial charge in [0.2, 0.25) is 0 Å². The van der Waals surface area contributed by atoms with Crippen LogP contribution in [0.25, 0.3) is 0 Å². The molecule has 1 amide bonds. The number of ether oxygens (including phenoxy) is 1. The van der Waals surface area contributed by atoms with E-state index in [-0.39, 0.29) is 11.4 Å². The number of nitrogens with zero attached hydrogens (tertiary/aromatic N) is 2. The maximum absolute atomic E-state index is 13.8. The second-order valence-electron chi connectivity index (χ2n) is 5.60. The van der Waals surface area contributed by atoms with Gasteiger partial charge in [-0.25, -0.2) is 9.18 Å². The molecule has 0 aliphatic carbocycles. The summed E-state index contributed by atoms with van der Waals surface area (Å²) in [5, 5.41) is 13.2. The molecule has 0 radical (unpaired) electrons. The predicted octanol–water partition coefficient (Wildman–Crippen LogP) is 3.15. The first kappa shape index (κ1) is 16.7. The molecule has 0 bridgehead atoms. The van der Waals surface area contributed by atoms with Gasteiger partial charge >= 0.3 is 6.09 Å². The van der Waals surface area contributed by atoms with Crippen LogP contribution in [0.4, 0.5) is 26.2 Å². The van der Waals surface area contributed by atoms with Gasteiger partial charge in [0.1, 0.15) is 11.3 Å². The molecule has 21 heavy (non-hydrogen) atoms. The Morgan fingerprint density at radius 3 is 2.38 bits per heavy atom. The summed E-state index contributed by atoms with van der Waals surface area (Å²) in [5.74, 6) is -0.749. The third-order valence-corrected chi connectivity index (χ3v) is 2.38. The molecule has 0 fully saturated rings. The Labute approximate surface area is 121 Å². The maximum atomic E-state index is 13.8. The molecule has 0 saturated carbocycles. The Kier molecular flexibility index (Phi) is 4.72. The molecule has 8 heteroatoms. The fraction of sp³-hybridized carbons (Fsp3) is 0.462. The molecule has 0 aliphatic heterocycles. The van der Waals surface area contributed by atoms with Crippen LogP contribution >= 0.6 is 0 Å². The van der Waals surface area contributed by atoms with E-state index in [0.29, 0.717) is 0 Å². The number of amides is 1. The molecular weight excluding hydrogens is 281 g/mol. The summed E-state index contributed by atoms with van der Waals surface area (Å²) in [6, 6.07) is 1.96. The molecule has 1 N–H and O–H groups in total. The Balaban J connectivity index is 3.17. The Morgan fingerprint density at radius 2 is 1.95 bits per heavy atom. The number of halogens is 1. The normalized spacial score (nSPS) is 11.0. The molecule has 1 rings (SSSR count). The van der Waals surface area contributed by atoms with Gasteiger partial charge in [-0.05, 0) is 26.8 Å². The molecule has 0 atom stereocenters. The minimum absolute atomic E-state index is 0.117. The predicted molar refractivity (Wildman–Crippen MR) is 77.2 cm³/mol. The highest BCUT2D eigenvalue weighted by molar-refractivity contribution is 5.89. The van der Waals surface area contributed by atoms with Crippen molar-refractivity contribution in [3.63, 3.8) is 0 Å². The van der Waals surface area contributed by atoms with Crippen LogP contribution in [0.5, 0.6) is 0 Å². The van der Waals surface area contributed by atoms with E-state index in [4.69, 9.17) is 4.74 Å². The van der Waals surface area contributed by atoms with Crippen molar-refractivity contribution in [2.24, 2.45) is 0 Å². The lowest BCUT2D eigenvalue weighted by Gasteiger charge is -2.20. The fourth-order valence-corrected chi connectivity index (χ4v) is 1.56. The molecule has 0 spiro atoms. The van der Waals surface area contributed by atoms with E-state index < -0.39 is 28.1 Å². The van der Waals surface area contributed by atoms with E-state index in [0.717, 1.165) is 6.07 Å². The standard InChI is InChI=1S/C13H18FN3O4/c1-13(2,3)21-12(18)15-9-7-10(16(4)5)8(14)6-11(9)17(19)20/h6-7H,1-5H3,(H,15,18). The van der Waals surface area contributed by atoms with Crippen LogP contribution < -0.4 is 10.2 Å². The lowest BCUT2D eigenvalue weighted by molar-refractivity contribution is -0.384. The van der Waals surface area contributed by atoms with Gasteiger partial charge in [0.25, 0.3) is 5.69 Å². The number of nitrogens with one attached hydrogen (secondary N) is 1. The van der Waals surface area contributed by atoms with Crippen LogP contribution in [0.15, 0.2) is 12.1 Å². The number of carbonyl (C=O) groups excluding carboxylic acids is 1. The number of rotatable bonds is 3. The number of nitro benzene ring substituents is 1. The van der Waals surface area contributed by atoms with Gasteiger partial charge in [-0.3, -0.25) is 15.4 Å². The molecular formula is C13H18FN3O4. The lowest BCUT2D eigenvalue weighted by atomic mass is 10.2. The lowest BCUT2D eigenvalue weighted by Crippen LogP contribution is -2.27. The molecule has 1 aromatic rings. The molecule has 1 aromatic carbocycles. The fourth-order valence-electron chi connectivity index (χ4n) is 1.56. The number of nitro groups is 1. The van der Waals surface area contributed by atoms with Crippen LogP contribution in [0.1, 0.15) is 20.8 Å². The molecule has 0 saturated heterocycles. The first-order valence-corrected chi connectivity index (χ1v) is 6.16. The van der Waals surface area contributed by atoms with Gasteiger partial charge in [-0.15, -0.1) is 0 Å². The molecule has 0 aliphatic rings. The smallest absolute Gasteiger partial charge is 0.412 e. The molecule has 0 unspecified atom stereocenters. The summed E-state index contributed by atoms with van der Waals surface area (Å²) in [4.78, 5) is 23.3. The van der Waals surface area contributed by atoms with E-state index in [9.17, 15) is 19.3 Å². The van der Waals surface area contributed by atoms with Crippen molar-refractivity contribution >= 4 is 23.2 Å². The number of carbonyl (C=O) groups is 1. The van der Waals surface area contributed by atoms with Gasteiger partial charge in [-0.1, -0.05) is 0 Å². The zero-order valence-electron chi connectivity index (χ0n) is 12.6. The van der Waals surface area contributed by atoms with Crippen LogP contribution in [0.3, 0.4) is 0 Å². The van der Waals surface area contributed by atoms with Crippen molar-refractivity contribution in [3.05, 3.63) is 28.1 Å². The minimum Gasteiger partial charge on any atom is -0.444 e. The quantitative estimate of drug-likeness (QED) is 0.684. The van der Waals surface area contributed by atoms with E-state index in [2.05, 4.69) is 5.32 Å². The Hall–Kier alpha value is -2.38. The second-order valence-corrected chi connectivity index (χ2v) is 5.60. The topological polar surface area (TPSA) is 84.7 Å². The van der Waals surface area contributed by atoms with Gasteiger partial charge in [-0.2, -0.15) is 0 Å². The minimum atomic E-state index is -0.845. The summed E-state index contributed by atoms with van der Waals surface area (Å²) >= 11 is 0. The highest BCUT2D eigenvalue weighted by Crippen LogP contribution is 2.32. The van der Waals surface area contributed by atoms with Gasteiger partial charge < -0.3 is 9.64 Å². The first-order valence-electron chi connectivity index (χ1n) is 6.16. The van der Waals surface area contributed by atoms with Crippen LogP contribution in [0.2, 0.25) is 0 Å². The number of hydrogen-bond donors (Lipinski definition) is 1. The third kappa shape index (κ3) is 4.59. The van der Waals surface area contributed by atoms with Crippen LogP contribution in [-0.4, -0.2) is 30.7 Å². The van der Waals surface area contributed by atoms with Crippen molar-refractivity contribution in [1.82, 2.24) is 0 Å². The zero-order chi connectivity index (χ0) is 16.4. The van der Waals surface area contributed by atoms with Gasteiger partial charge in [0.15, 0.2) is 5.82 Å². The van der Waals surface area contributed by atoms with Crippen molar-refractivity contribution < 1.29 is 18.8 Å². The largest absolute Gasteiger partial charge is 0.444 e. The van der Waals surface area contributed by atoms with Crippen molar-refractivity contribution in [2.45, 2.75) is 26.4 Å². The van der Waals surface area contributed by atoms with Crippen LogP contribution in [-0.2, 0) is 4.74 Å². The van der Waals surface area contributed by atoms with E-state index in [1.54, 1.807) is 34.9 Å². The van der Waals surface area contributed by atoms with E-state index >= 15 is 0 Å². The molecule has 0 heterocycles. The van der Waals surface area contributed by atoms with Crippen molar-refractivity contribution in [2.75, 3.05) is 24.3 Å². The SMILES string of the molecule is CN(C)c1cc(NC(=O)OC(C)(C)C)c([N+](=O)[O-])cc1F. The number of hydrogen-bond acceptors (Lipinski definition) is 5. The van der Waals surface area contributed by atoms with E-state index in [1.165, 1.54) is 11.0 Å². The summed E-state index contributed by atoms with van der Waals surface area (Å²) in [5.41, 5.74) is -1.29. The average Bonchev–Trinajstić information content (AvgIpc) is 2.27. The summed E-state index contributed by atoms with van der Waals surface area (Å²) in [7, 11) is 3.17. The number of benzene rings is 1. The summed E-state index contributed by atoms with van der Waals surface area (Å²) < 4.78 is 18.8. The number of anilines is 2. The summed E-state index contributed by atoms with van der Waals surface area (Å²) in [6.07, 6.45) is -0.845. The highest BCUT2D eigenvalue weighted by Gasteiger charge is 2.23. The Morgan fingerprint density at radius 1 is 1.38 bits per heavy atom. The highest BCUT2D eigenvalue weighted by atomic mass is 19.1. The monoisotopic (exact) mass is 299 g/mol. The van der Waals surface area contributed by atoms with Crippen LogP contribution in [0, 0.1) is 15.9 Å². The van der Waals surface area contributed by atoms with Crippen molar-refractivity contribution in [1.29, 1.82) is 0 Å². The average molecular weight is 299 g/mol. The van der Waals surface area contributed by atoms with E-state index in [1.807, 2.05) is 0 Å². The first-order chi connectivity index (χ1) is 9.51. The zero-order valence-corrected chi connectivity index (χ0v) is 12.6. The second kappa shape index (κ2) is 5.94.